The van der Waals surface area contributed by atoms with Gasteiger partial charge >= 0.3 is 5.97 Å². The molecule has 6 heteroatoms. The fraction of sp³-hybridized carbons (Fsp3) is 0.593. The van der Waals surface area contributed by atoms with Gasteiger partial charge in [-0.25, -0.2) is 4.79 Å². The number of aromatic carboxylic acids is 1. The Bertz CT molecular complexity index is 850. The SMILES string of the molecule is CCCCCCCc1ccc(OC[C@@H]2[C@@H](CCCc3ccc(C(=O)O)s3)[C@@H](Cl)C[C@H]2O)cc1. The minimum Gasteiger partial charge on any atom is -0.493 e. The zero-order valence-corrected chi connectivity index (χ0v) is 21.1. The largest absolute Gasteiger partial charge is 0.493 e. The van der Waals surface area contributed by atoms with E-state index < -0.39 is 12.1 Å². The predicted octanol–water partition coefficient (Wildman–Crippen LogP) is 6.97. The number of hydrogen-bond donors (Lipinski definition) is 2. The maximum atomic E-state index is 11.1. The zero-order valence-electron chi connectivity index (χ0n) is 19.5. The molecule has 0 aliphatic heterocycles. The first kappa shape index (κ1) is 26.1. The molecule has 0 radical (unpaired) electrons. The molecule has 1 aliphatic carbocycles. The summed E-state index contributed by atoms with van der Waals surface area (Å²) in [5.74, 6) is 0.184. The van der Waals surface area contributed by atoms with Crippen molar-refractivity contribution in [2.24, 2.45) is 11.8 Å². The minimum absolute atomic E-state index is 0.0173. The number of unbranched alkanes of at least 4 members (excludes halogenated alkanes) is 4. The maximum Gasteiger partial charge on any atom is 0.345 e. The summed E-state index contributed by atoms with van der Waals surface area (Å²) in [5, 5.41) is 19.6. The van der Waals surface area contributed by atoms with E-state index in [1.54, 1.807) is 6.07 Å². The molecule has 0 saturated heterocycles. The van der Waals surface area contributed by atoms with E-state index in [9.17, 15) is 9.90 Å². The second-order valence-electron chi connectivity index (χ2n) is 9.23. The van der Waals surface area contributed by atoms with Gasteiger partial charge < -0.3 is 14.9 Å². The number of rotatable bonds is 14. The summed E-state index contributed by atoms with van der Waals surface area (Å²) >= 11 is 7.92. The van der Waals surface area contributed by atoms with Gasteiger partial charge in [-0.3, -0.25) is 0 Å². The second kappa shape index (κ2) is 13.4. The molecule has 4 nitrogen and oxygen atoms in total. The van der Waals surface area contributed by atoms with E-state index in [-0.39, 0.29) is 17.2 Å². The van der Waals surface area contributed by atoms with Crippen molar-refractivity contribution in [3.8, 4) is 5.75 Å². The van der Waals surface area contributed by atoms with Crippen molar-refractivity contribution in [3.63, 3.8) is 0 Å². The monoisotopic (exact) mass is 492 g/mol. The molecule has 0 spiro atoms. The Morgan fingerprint density at radius 2 is 1.79 bits per heavy atom. The van der Waals surface area contributed by atoms with Crippen LogP contribution in [0.25, 0.3) is 0 Å². The van der Waals surface area contributed by atoms with Gasteiger partial charge in [0.2, 0.25) is 0 Å². The zero-order chi connectivity index (χ0) is 23.6. The quantitative estimate of drug-likeness (QED) is 0.221. The molecule has 4 atom stereocenters. The third-order valence-electron chi connectivity index (χ3n) is 6.74. The molecular formula is C27H37ClO4S. The van der Waals surface area contributed by atoms with Crippen LogP contribution in [0.5, 0.6) is 5.75 Å². The van der Waals surface area contributed by atoms with Gasteiger partial charge in [-0.2, -0.15) is 0 Å². The maximum absolute atomic E-state index is 11.1. The van der Waals surface area contributed by atoms with Gasteiger partial charge in [0.25, 0.3) is 0 Å². The molecule has 0 unspecified atom stereocenters. The fourth-order valence-corrected chi connectivity index (χ4v) is 6.16. The average molecular weight is 493 g/mol. The molecule has 0 bridgehead atoms. The first-order valence-electron chi connectivity index (χ1n) is 12.3. The van der Waals surface area contributed by atoms with Crippen molar-refractivity contribution in [1.29, 1.82) is 0 Å². The number of hydrogen-bond acceptors (Lipinski definition) is 4. The molecule has 1 heterocycles. The number of alkyl halides is 1. The third kappa shape index (κ3) is 8.01. The summed E-state index contributed by atoms with van der Waals surface area (Å²) in [4.78, 5) is 12.5. The molecule has 33 heavy (non-hydrogen) atoms. The van der Waals surface area contributed by atoms with Gasteiger partial charge in [0.05, 0.1) is 12.7 Å². The Hall–Kier alpha value is -1.56. The normalized spacial score (nSPS) is 22.5. The molecule has 2 N–H and O–H groups in total. The highest BCUT2D eigenvalue weighted by atomic mass is 35.5. The van der Waals surface area contributed by atoms with Gasteiger partial charge in [0.15, 0.2) is 0 Å². The summed E-state index contributed by atoms with van der Waals surface area (Å²) in [7, 11) is 0. The summed E-state index contributed by atoms with van der Waals surface area (Å²) < 4.78 is 6.06. The van der Waals surface area contributed by atoms with Crippen molar-refractivity contribution in [1.82, 2.24) is 0 Å². The Morgan fingerprint density at radius 1 is 1.03 bits per heavy atom. The summed E-state index contributed by atoms with van der Waals surface area (Å²) in [5.41, 5.74) is 1.35. The van der Waals surface area contributed by atoms with Gasteiger partial charge in [-0.15, -0.1) is 22.9 Å². The second-order valence-corrected chi connectivity index (χ2v) is 11.0. The number of aliphatic hydroxyl groups is 1. The molecule has 182 valence electrons. The van der Waals surface area contributed by atoms with Crippen LogP contribution in [0.2, 0.25) is 0 Å². The number of ether oxygens (including phenoxy) is 1. The Kier molecular flexibility index (Phi) is 10.5. The first-order valence-corrected chi connectivity index (χ1v) is 13.6. The van der Waals surface area contributed by atoms with Crippen LogP contribution in [0.1, 0.15) is 78.4 Å². The van der Waals surface area contributed by atoms with E-state index in [0.717, 1.165) is 36.3 Å². The number of carbonyl (C=O) groups is 1. The molecule has 1 aromatic heterocycles. The van der Waals surface area contributed by atoms with E-state index in [0.29, 0.717) is 17.9 Å². The number of thiophene rings is 1. The highest BCUT2D eigenvalue weighted by molar-refractivity contribution is 7.13. The van der Waals surface area contributed by atoms with Crippen LogP contribution in [0.4, 0.5) is 0 Å². The smallest absolute Gasteiger partial charge is 0.345 e. The standard InChI is InChI=1S/C27H37ClO4S/c1-2-3-4-5-6-8-19-11-13-20(14-12-19)32-18-23-22(24(28)17-25(23)29)10-7-9-21-15-16-26(33-21)27(30)31/h11-16,22-25,29H,2-10,17-18H2,1H3,(H,30,31)/t22-,23-,24+,25-/m1/s1. The van der Waals surface area contributed by atoms with Crippen LogP contribution in [0.3, 0.4) is 0 Å². The van der Waals surface area contributed by atoms with Crippen molar-refractivity contribution in [3.05, 3.63) is 51.7 Å². The average Bonchev–Trinajstić information content (AvgIpc) is 3.37. The highest BCUT2D eigenvalue weighted by Gasteiger charge is 2.41. The Morgan fingerprint density at radius 3 is 2.48 bits per heavy atom. The molecule has 1 aromatic carbocycles. The number of aryl methyl sites for hydroxylation is 2. The Labute approximate surface area is 206 Å². The van der Waals surface area contributed by atoms with E-state index in [1.807, 2.05) is 18.2 Å². The third-order valence-corrected chi connectivity index (χ3v) is 8.38. The molecule has 0 amide bonds. The first-order chi connectivity index (χ1) is 16.0. The summed E-state index contributed by atoms with van der Waals surface area (Å²) in [6, 6.07) is 11.9. The lowest BCUT2D eigenvalue weighted by atomic mass is 9.90. The van der Waals surface area contributed by atoms with E-state index in [4.69, 9.17) is 21.4 Å². The Balaban J connectivity index is 1.44. The molecule has 2 aromatic rings. The van der Waals surface area contributed by atoms with Crippen LogP contribution in [-0.2, 0) is 12.8 Å². The summed E-state index contributed by atoms with van der Waals surface area (Å²) in [6.45, 7) is 2.70. The van der Waals surface area contributed by atoms with Crippen LogP contribution in [-0.4, -0.2) is 34.3 Å². The van der Waals surface area contributed by atoms with Crippen molar-refractivity contribution in [2.45, 2.75) is 82.6 Å². The lowest BCUT2D eigenvalue weighted by molar-refractivity contribution is 0.0701. The van der Waals surface area contributed by atoms with Crippen LogP contribution >= 0.6 is 22.9 Å². The lowest BCUT2D eigenvalue weighted by Gasteiger charge is -2.23. The topological polar surface area (TPSA) is 66.8 Å². The number of aliphatic hydroxyl groups excluding tert-OH is 1. The van der Waals surface area contributed by atoms with Gasteiger partial charge in [-0.05, 0) is 74.3 Å². The van der Waals surface area contributed by atoms with Crippen LogP contribution in [0, 0.1) is 11.8 Å². The number of carboxylic acid groups (broad SMARTS) is 1. The molecule has 1 fully saturated rings. The molecule has 3 rings (SSSR count). The van der Waals surface area contributed by atoms with Crippen molar-refractivity contribution < 1.29 is 19.7 Å². The number of benzene rings is 1. The van der Waals surface area contributed by atoms with Gasteiger partial charge in [-0.1, -0.05) is 44.7 Å². The van der Waals surface area contributed by atoms with E-state index in [2.05, 4.69) is 19.1 Å². The predicted molar refractivity (Wildman–Crippen MR) is 136 cm³/mol. The molecule has 1 aliphatic rings. The van der Waals surface area contributed by atoms with Crippen molar-refractivity contribution >= 4 is 28.9 Å². The van der Waals surface area contributed by atoms with Crippen LogP contribution in [0.15, 0.2) is 36.4 Å². The van der Waals surface area contributed by atoms with Crippen LogP contribution < -0.4 is 4.74 Å². The number of carboxylic acids is 1. The van der Waals surface area contributed by atoms with Crippen molar-refractivity contribution in [2.75, 3.05) is 6.61 Å². The fourth-order valence-electron chi connectivity index (χ4n) is 4.78. The highest BCUT2D eigenvalue weighted by Crippen LogP contribution is 2.39. The molecular weight excluding hydrogens is 456 g/mol. The van der Waals surface area contributed by atoms with Gasteiger partial charge in [0.1, 0.15) is 10.6 Å². The van der Waals surface area contributed by atoms with Gasteiger partial charge in [0, 0.05) is 16.2 Å². The number of halogens is 1. The minimum atomic E-state index is -0.872. The summed E-state index contributed by atoms with van der Waals surface area (Å²) in [6.07, 6.45) is 10.4. The van der Waals surface area contributed by atoms with E-state index in [1.165, 1.54) is 49.0 Å². The molecule has 1 saturated carbocycles. The van der Waals surface area contributed by atoms with E-state index >= 15 is 0 Å². The lowest BCUT2D eigenvalue weighted by Crippen LogP contribution is -2.27.